The molecule has 160 valence electrons. The van der Waals surface area contributed by atoms with Crippen LogP contribution in [0.2, 0.25) is 0 Å². The summed E-state index contributed by atoms with van der Waals surface area (Å²) < 4.78 is 44.7. The van der Waals surface area contributed by atoms with Crippen LogP contribution in [-0.2, 0) is 19.0 Å². The van der Waals surface area contributed by atoms with E-state index < -0.39 is 35.6 Å². The Labute approximate surface area is 171 Å². The number of aromatic nitrogens is 1. The Morgan fingerprint density at radius 2 is 2.00 bits per heavy atom. The van der Waals surface area contributed by atoms with E-state index in [1.807, 2.05) is 12.1 Å². The van der Waals surface area contributed by atoms with Gasteiger partial charge in [-0.3, -0.25) is 0 Å². The number of aliphatic hydroxyl groups excluding tert-OH is 1. The van der Waals surface area contributed by atoms with Gasteiger partial charge in [-0.05, 0) is 49.6 Å². The third kappa shape index (κ3) is 4.07. The highest BCUT2D eigenvalue weighted by Crippen LogP contribution is 2.40. The van der Waals surface area contributed by atoms with Crippen molar-refractivity contribution >= 4 is 11.7 Å². The van der Waals surface area contributed by atoms with Gasteiger partial charge < -0.3 is 20.5 Å². The second-order valence-corrected chi connectivity index (χ2v) is 8.31. The van der Waals surface area contributed by atoms with E-state index in [2.05, 4.69) is 15.6 Å². The molecule has 30 heavy (non-hydrogen) atoms. The molecule has 0 spiro atoms. The normalized spacial score (nSPS) is 21.9. The van der Waals surface area contributed by atoms with Crippen molar-refractivity contribution in [3.05, 3.63) is 52.7 Å². The second-order valence-electron chi connectivity index (χ2n) is 8.31. The molecular formula is C21H22F3N3O3. The van der Waals surface area contributed by atoms with E-state index in [1.54, 1.807) is 19.9 Å². The molecule has 0 saturated heterocycles. The van der Waals surface area contributed by atoms with Crippen LogP contribution in [0.4, 0.5) is 23.7 Å². The summed E-state index contributed by atoms with van der Waals surface area (Å²) in [6.07, 6.45) is -3.68. The molecular weight excluding hydrogens is 399 g/mol. The van der Waals surface area contributed by atoms with Gasteiger partial charge in [0.05, 0.1) is 12.1 Å². The number of carbonyl (C=O) groups is 1. The molecule has 1 aromatic heterocycles. The van der Waals surface area contributed by atoms with Crippen molar-refractivity contribution in [2.24, 2.45) is 0 Å². The number of hydrogen-bond donors (Lipinski definition) is 3. The minimum Gasteiger partial charge on any atom is -0.471 e. The lowest BCUT2D eigenvalue weighted by Gasteiger charge is -2.37. The summed E-state index contributed by atoms with van der Waals surface area (Å²) in [5, 5.41) is 15.5. The number of nitrogens with one attached hydrogen (secondary N) is 2. The molecule has 9 heteroatoms. The van der Waals surface area contributed by atoms with E-state index in [9.17, 15) is 23.1 Å². The zero-order valence-electron chi connectivity index (χ0n) is 16.5. The molecule has 2 aromatic rings. The predicted octanol–water partition coefficient (Wildman–Crippen LogP) is 3.98. The van der Waals surface area contributed by atoms with E-state index >= 15 is 0 Å². The summed E-state index contributed by atoms with van der Waals surface area (Å²) in [7, 11) is 0. The fourth-order valence-corrected chi connectivity index (χ4v) is 4.05. The first-order chi connectivity index (χ1) is 14.0. The number of anilines is 1. The van der Waals surface area contributed by atoms with Gasteiger partial charge in [0.15, 0.2) is 0 Å². The largest absolute Gasteiger partial charge is 0.471 e. The van der Waals surface area contributed by atoms with Crippen LogP contribution in [0.25, 0.3) is 0 Å². The topological polar surface area (TPSA) is 83.5 Å². The number of benzene rings is 1. The Bertz CT molecular complexity index is 991. The van der Waals surface area contributed by atoms with Crippen molar-refractivity contribution in [1.29, 1.82) is 0 Å². The van der Waals surface area contributed by atoms with Gasteiger partial charge in [-0.25, -0.2) is 9.78 Å². The first kappa shape index (κ1) is 20.5. The molecule has 0 fully saturated rings. The standard InChI is InChI=1S/C21H22F3N3O3/c1-20(2)10-16(13-6-7-17(21(22,23)24)27-18(13)30-20)26-19(29)25-15-5-3-4-11-8-12(28)9-14(11)15/h3-7,12,16,28H,8-10H2,1-2H3,(H2,25,26,29)/t12-,16-/m1/s1. The molecule has 0 unspecified atom stereocenters. The van der Waals surface area contributed by atoms with Crippen molar-refractivity contribution < 1.29 is 27.8 Å². The van der Waals surface area contributed by atoms with Gasteiger partial charge >= 0.3 is 12.2 Å². The molecule has 2 amide bonds. The Hall–Kier alpha value is -2.81. The number of fused-ring (bicyclic) bond motifs is 2. The average Bonchev–Trinajstić information content (AvgIpc) is 3.00. The average molecular weight is 421 g/mol. The Balaban J connectivity index is 1.55. The van der Waals surface area contributed by atoms with Crippen LogP contribution in [0.3, 0.4) is 0 Å². The van der Waals surface area contributed by atoms with E-state index in [4.69, 9.17) is 4.74 Å². The molecule has 2 aliphatic rings. The molecule has 2 atom stereocenters. The highest BCUT2D eigenvalue weighted by molar-refractivity contribution is 5.90. The van der Waals surface area contributed by atoms with Gasteiger partial charge in [0.2, 0.25) is 5.88 Å². The van der Waals surface area contributed by atoms with Crippen LogP contribution in [0.1, 0.15) is 48.7 Å². The number of rotatable bonds is 2. The lowest BCUT2D eigenvalue weighted by molar-refractivity contribution is -0.141. The lowest BCUT2D eigenvalue weighted by Crippen LogP contribution is -2.43. The summed E-state index contributed by atoms with van der Waals surface area (Å²) in [6.45, 7) is 3.46. The van der Waals surface area contributed by atoms with Crippen molar-refractivity contribution in [3.63, 3.8) is 0 Å². The quantitative estimate of drug-likeness (QED) is 0.685. The van der Waals surface area contributed by atoms with Crippen LogP contribution in [-0.4, -0.2) is 27.8 Å². The zero-order chi connectivity index (χ0) is 21.7. The molecule has 0 radical (unpaired) electrons. The van der Waals surface area contributed by atoms with Gasteiger partial charge in [0, 0.05) is 24.1 Å². The lowest BCUT2D eigenvalue weighted by atomic mass is 9.91. The number of halogens is 3. The van der Waals surface area contributed by atoms with E-state index in [0.717, 1.165) is 17.2 Å². The highest BCUT2D eigenvalue weighted by atomic mass is 19.4. The van der Waals surface area contributed by atoms with Crippen molar-refractivity contribution in [3.8, 4) is 5.88 Å². The third-order valence-electron chi connectivity index (χ3n) is 5.35. The first-order valence-corrected chi connectivity index (χ1v) is 9.65. The van der Waals surface area contributed by atoms with Crippen LogP contribution in [0.5, 0.6) is 5.88 Å². The minimum atomic E-state index is -4.58. The van der Waals surface area contributed by atoms with E-state index in [-0.39, 0.29) is 5.88 Å². The minimum absolute atomic E-state index is 0.130. The van der Waals surface area contributed by atoms with Crippen molar-refractivity contribution in [2.75, 3.05) is 5.32 Å². The molecule has 1 aromatic carbocycles. The number of amides is 2. The monoisotopic (exact) mass is 421 g/mol. The number of pyridine rings is 1. The van der Waals surface area contributed by atoms with Crippen LogP contribution in [0, 0.1) is 0 Å². The number of carbonyl (C=O) groups excluding carboxylic acids is 1. The molecule has 0 bridgehead atoms. The summed E-state index contributed by atoms with van der Waals surface area (Å²) in [5.41, 5.74) is 1.04. The molecule has 1 aliphatic carbocycles. The van der Waals surface area contributed by atoms with Gasteiger partial charge in [-0.15, -0.1) is 0 Å². The summed E-state index contributed by atoms with van der Waals surface area (Å²) in [6, 6.07) is 6.60. The third-order valence-corrected chi connectivity index (χ3v) is 5.35. The van der Waals surface area contributed by atoms with Gasteiger partial charge in [-0.2, -0.15) is 13.2 Å². The molecule has 0 saturated carbocycles. The first-order valence-electron chi connectivity index (χ1n) is 9.65. The molecule has 3 N–H and O–H groups in total. The molecule has 4 rings (SSSR count). The molecule has 1 aliphatic heterocycles. The van der Waals surface area contributed by atoms with Crippen molar-refractivity contribution in [2.45, 2.75) is 57.0 Å². The SMILES string of the molecule is CC1(C)C[C@@H](NC(=O)Nc2cccc3c2C[C@H](O)C3)c2ccc(C(F)(F)F)nc2O1. The van der Waals surface area contributed by atoms with E-state index in [1.165, 1.54) is 6.07 Å². The highest BCUT2D eigenvalue weighted by Gasteiger charge is 2.39. The smallest absolute Gasteiger partial charge is 0.433 e. The van der Waals surface area contributed by atoms with Crippen LogP contribution < -0.4 is 15.4 Å². The Morgan fingerprint density at radius 1 is 1.23 bits per heavy atom. The Kier molecular flexibility index (Phi) is 4.88. The predicted molar refractivity (Wildman–Crippen MR) is 103 cm³/mol. The van der Waals surface area contributed by atoms with Crippen LogP contribution >= 0.6 is 0 Å². The van der Waals surface area contributed by atoms with Gasteiger partial charge in [0.25, 0.3) is 0 Å². The maximum Gasteiger partial charge on any atom is 0.433 e. The van der Waals surface area contributed by atoms with Crippen LogP contribution in [0.15, 0.2) is 30.3 Å². The summed E-state index contributed by atoms with van der Waals surface area (Å²) in [5.74, 6) is -0.130. The summed E-state index contributed by atoms with van der Waals surface area (Å²) >= 11 is 0. The number of nitrogens with zero attached hydrogens (tertiary/aromatic N) is 1. The number of urea groups is 1. The Morgan fingerprint density at radius 3 is 2.73 bits per heavy atom. The maximum atomic E-state index is 13.0. The number of hydrogen-bond acceptors (Lipinski definition) is 4. The summed E-state index contributed by atoms with van der Waals surface area (Å²) in [4.78, 5) is 16.3. The molecule has 2 heterocycles. The zero-order valence-corrected chi connectivity index (χ0v) is 16.5. The number of aliphatic hydroxyl groups is 1. The number of ether oxygens (including phenoxy) is 1. The van der Waals surface area contributed by atoms with Gasteiger partial charge in [0.1, 0.15) is 11.3 Å². The number of alkyl halides is 3. The fraction of sp³-hybridized carbons (Fsp3) is 0.429. The van der Waals surface area contributed by atoms with Crippen molar-refractivity contribution in [1.82, 2.24) is 10.3 Å². The van der Waals surface area contributed by atoms with E-state index in [0.29, 0.717) is 30.5 Å². The second kappa shape index (κ2) is 7.16. The maximum absolute atomic E-state index is 13.0. The fourth-order valence-electron chi connectivity index (χ4n) is 4.05. The van der Waals surface area contributed by atoms with Gasteiger partial charge in [-0.1, -0.05) is 12.1 Å². The molecule has 6 nitrogen and oxygen atoms in total.